The van der Waals surface area contributed by atoms with Crippen LogP contribution in [-0.4, -0.2) is 59.4 Å². The van der Waals surface area contributed by atoms with Gasteiger partial charge in [0.1, 0.15) is 11.2 Å². The van der Waals surface area contributed by atoms with Gasteiger partial charge in [-0.05, 0) is 115 Å². The van der Waals surface area contributed by atoms with E-state index in [4.69, 9.17) is 9.47 Å². The molecule has 0 spiro atoms. The van der Waals surface area contributed by atoms with Crippen LogP contribution in [0.1, 0.15) is 78.4 Å². The van der Waals surface area contributed by atoms with Crippen LogP contribution in [0.5, 0.6) is 0 Å². The van der Waals surface area contributed by atoms with Crippen molar-refractivity contribution in [3.63, 3.8) is 0 Å². The summed E-state index contributed by atoms with van der Waals surface area (Å²) in [6.45, 7) is 14.5. The lowest BCUT2D eigenvalue weighted by molar-refractivity contribution is 0.0182. The van der Waals surface area contributed by atoms with E-state index in [2.05, 4.69) is 74.3 Å². The van der Waals surface area contributed by atoms with E-state index in [1.807, 2.05) is 58.6 Å². The van der Waals surface area contributed by atoms with Crippen LogP contribution in [0.4, 0.5) is 9.59 Å². The predicted octanol–water partition coefficient (Wildman–Crippen LogP) is 9.50. The lowest BCUT2D eigenvalue weighted by atomic mass is 9.90. The summed E-state index contributed by atoms with van der Waals surface area (Å²) in [7, 11) is 0. The van der Waals surface area contributed by atoms with E-state index in [1.54, 1.807) is 4.90 Å². The van der Waals surface area contributed by atoms with Gasteiger partial charge in [0.05, 0.1) is 0 Å². The van der Waals surface area contributed by atoms with E-state index in [0.717, 1.165) is 67.2 Å². The minimum atomic E-state index is -0.427. The van der Waals surface area contributed by atoms with Gasteiger partial charge < -0.3 is 19.3 Å². The van der Waals surface area contributed by atoms with E-state index >= 15 is 0 Å². The number of nitrogens with zero attached hydrogens (tertiary/aromatic N) is 2. The van der Waals surface area contributed by atoms with Crippen LogP contribution < -0.4 is 0 Å². The van der Waals surface area contributed by atoms with Gasteiger partial charge in [0, 0.05) is 35.1 Å². The highest BCUT2D eigenvalue weighted by Gasteiger charge is 2.27. The normalized spacial score (nSPS) is 16.3. The Bertz CT molecular complexity index is 1210. The number of carbonyl (C=O) groups is 2. The lowest BCUT2D eigenvalue weighted by Crippen LogP contribution is -2.42. The number of rotatable bonds is 3. The molecule has 8 heteroatoms. The zero-order valence-electron chi connectivity index (χ0n) is 25.9. The topological polar surface area (TPSA) is 59.1 Å². The summed E-state index contributed by atoms with van der Waals surface area (Å²) in [4.78, 5) is 27.7. The summed E-state index contributed by atoms with van der Waals surface area (Å²) in [6, 6.07) is 16.7. The molecule has 2 saturated heterocycles. The van der Waals surface area contributed by atoms with E-state index in [-0.39, 0.29) is 12.2 Å². The fraction of sp³-hybridized carbons (Fsp3) is 0.529. The van der Waals surface area contributed by atoms with Crippen LogP contribution in [0.2, 0.25) is 0 Å². The number of hydrogen-bond donors (Lipinski definition) is 0. The molecular formula is C34H46Br2N2O4. The van der Waals surface area contributed by atoms with Gasteiger partial charge in [-0.15, -0.1) is 0 Å². The number of hydrogen-bond acceptors (Lipinski definition) is 4. The summed E-state index contributed by atoms with van der Waals surface area (Å²) in [5, 5.41) is 0. The minimum Gasteiger partial charge on any atom is -0.444 e. The first-order valence-electron chi connectivity index (χ1n) is 14.8. The van der Waals surface area contributed by atoms with Crippen LogP contribution >= 0.6 is 31.9 Å². The second-order valence-electron chi connectivity index (χ2n) is 13.1. The fourth-order valence-electron chi connectivity index (χ4n) is 4.92. The molecule has 4 rings (SSSR count). The summed E-state index contributed by atoms with van der Waals surface area (Å²) in [5.41, 5.74) is 3.10. The Labute approximate surface area is 269 Å². The molecule has 0 saturated carbocycles. The van der Waals surface area contributed by atoms with Gasteiger partial charge in [0.25, 0.3) is 0 Å². The Kier molecular flexibility index (Phi) is 12.5. The fourth-order valence-corrected chi connectivity index (χ4v) is 5.79. The van der Waals surface area contributed by atoms with Crippen LogP contribution in [0.3, 0.4) is 0 Å². The number of carbonyl (C=O) groups excluding carboxylic acids is 2. The molecule has 42 heavy (non-hydrogen) atoms. The Morgan fingerprint density at radius 3 is 1.79 bits per heavy atom. The van der Waals surface area contributed by atoms with Gasteiger partial charge in [-0.1, -0.05) is 67.8 Å². The molecule has 2 fully saturated rings. The number of halogens is 2. The molecule has 0 radical (unpaired) electrons. The smallest absolute Gasteiger partial charge is 0.410 e. The number of ether oxygens (including phenoxy) is 2. The highest BCUT2D eigenvalue weighted by molar-refractivity contribution is 9.10. The quantitative estimate of drug-likeness (QED) is 0.319. The Hall–Kier alpha value is -2.32. The first-order chi connectivity index (χ1) is 19.7. The molecule has 0 atom stereocenters. The number of amides is 2. The Balaban J connectivity index is 0.000000230. The maximum atomic E-state index is 12.0. The maximum absolute atomic E-state index is 12.0. The number of likely N-dealkylation sites (tertiary alicyclic amines) is 2. The summed E-state index contributed by atoms with van der Waals surface area (Å²) < 4.78 is 13.1. The molecule has 0 bridgehead atoms. The van der Waals surface area contributed by atoms with Crippen LogP contribution in [0.15, 0.2) is 63.0 Å². The van der Waals surface area contributed by atoms with E-state index in [0.29, 0.717) is 5.92 Å². The van der Waals surface area contributed by atoms with Crippen molar-refractivity contribution in [1.82, 2.24) is 9.80 Å². The van der Waals surface area contributed by atoms with Gasteiger partial charge in [-0.25, -0.2) is 9.59 Å². The molecule has 2 heterocycles. The molecule has 0 aliphatic carbocycles. The van der Waals surface area contributed by atoms with Gasteiger partial charge in [-0.3, -0.25) is 0 Å². The average molecular weight is 707 g/mol. The molecule has 2 aliphatic heterocycles. The van der Waals surface area contributed by atoms with Crippen molar-refractivity contribution in [2.24, 2.45) is 5.92 Å². The van der Waals surface area contributed by atoms with Crippen molar-refractivity contribution >= 4 is 50.1 Å². The number of benzene rings is 2. The zero-order valence-corrected chi connectivity index (χ0v) is 29.1. The standard InChI is InChI=1S/C17H24BrNO2.C17H22BrNO2/c2*1-17(2,3)21-16(20)19-9-7-13(8-10-19)11-14-5-4-6-15(18)12-14/h4-6,12-13H,7-11H2,1-3H3;4-6,11-12H,7-10H2,1-3H3. The summed E-state index contributed by atoms with van der Waals surface area (Å²) >= 11 is 7.00. The first kappa shape index (κ1) is 34.2. The largest absolute Gasteiger partial charge is 0.444 e. The second-order valence-corrected chi connectivity index (χ2v) is 14.9. The van der Waals surface area contributed by atoms with Gasteiger partial charge in [0.2, 0.25) is 0 Å². The van der Waals surface area contributed by atoms with Crippen molar-refractivity contribution in [3.8, 4) is 0 Å². The highest BCUT2D eigenvalue weighted by atomic mass is 79.9. The maximum Gasteiger partial charge on any atom is 0.410 e. The monoisotopic (exact) mass is 704 g/mol. The third-order valence-corrected chi connectivity index (χ3v) is 7.94. The molecule has 230 valence electrons. The third-order valence-electron chi connectivity index (χ3n) is 6.96. The van der Waals surface area contributed by atoms with Crippen molar-refractivity contribution in [2.45, 2.75) is 84.8 Å². The molecule has 6 nitrogen and oxygen atoms in total. The molecular weight excluding hydrogens is 660 g/mol. The van der Waals surface area contributed by atoms with Crippen molar-refractivity contribution < 1.29 is 19.1 Å². The highest BCUT2D eigenvalue weighted by Crippen LogP contribution is 2.25. The van der Waals surface area contributed by atoms with Crippen LogP contribution in [0, 0.1) is 5.92 Å². The molecule has 2 amide bonds. The summed E-state index contributed by atoms with van der Waals surface area (Å²) in [5.74, 6) is 0.651. The van der Waals surface area contributed by atoms with Crippen molar-refractivity contribution in [2.75, 3.05) is 26.2 Å². The predicted molar refractivity (Wildman–Crippen MR) is 178 cm³/mol. The van der Waals surface area contributed by atoms with Gasteiger partial charge in [-0.2, -0.15) is 0 Å². The second kappa shape index (κ2) is 15.4. The van der Waals surface area contributed by atoms with Crippen LogP contribution in [0.25, 0.3) is 6.08 Å². The van der Waals surface area contributed by atoms with Crippen LogP contribution in [-0.2, 0) is 15.9 Å². The molecule has 2 aromatic carbocycles. The average Bonchev–Trinajstić information content (AvgIpc) is 2.88. The van der Waals surface area contributed by atoms with E-state index < -0.39 is 11.2 Å². The molecule has 0 unspecified atom stereocenters. The minimum absolute atomic E-state index is 0.177. The summed E-state index contributed by atoms with van der Waals surface area (Å²) in [6.07, 6.45) is 6.83. The lowest BCUT2D eigenvalue weighted by Gasteiger charge is -2.33. The Morgan fingerprint density at radius 1 is 0.786 bits per heavy atom. The van der Waals surface area contributed by atoms with Crippen molar-refractivity contribution in [1.29, 1.82) is 0 Å². The third kappa shape index (κ3) is 12.5. The van der Waals surface area contributed by atoms with E-state index in [1.165, 1.54) is 16.7 Å². The Morgan fingerprint density at radius 2 is 1.29 bits per heavy atom. The SMILES string of the molecule is CC(C)(C)OC(=O)N1CCC(=Cc2cccc(Br)c2)CC1.CC(C)(C)OC(=O)N1CCC(Cc2cccc(Br)c2)CC1. The van der Waals surface area contributed by atoms with E-state index in [9.17, 15) is 9.59 Å². The molecule has 0 aromatic heterocycles. The van der Waals surface area contributed by atoms with Gasteiger partial charge >= 0.3 is 12.2 Å². The molecule has 0 N–H and O–H groups in total. The zero-order chi connectivity index (χ0) is 30.9. The first-order valence-corrected chi connectivity index (χ1v) is 16.4. The number of piperidine rings is 2. The molecule has 2 aliphatic rings. The van der Waals surface area contributed by atoms with Crippen molar-refractivity contribution in [3.05, 3.63) is 74.2 Å². The molecule has 2 aromatic rings. The van der Waals surface area contributed by atoms with Gasteiger partial charge in [0.15, 0.2) is 0 Å².